The van der Waals surface area contributed by atoms with E-state index < -0.39 is 5.97 Å². The molecule has 2 aromatic rings. The lowest BCUT2D eigenvalue weighted by Crippen LogP contribution is -1.96. The highest BCUT2D eigenvalue weighted by atomic mass is 35.5. The second kappa shape index (κ2) is 6.02. The van der Waals surface area contributed by atoms with Gasteiger partial charge in [-0.15, -0.1) is 0 Å². The van der Waals surface area contributed by atoms with Gasteiger partial charge in [0.15, 0.2) is 0 Å². The van der Waals surface area contributed by atoms with E-state index in [9.17, 15) is 4.79 Å². The first-order valence-electron chi connectivity index (χ1n) is 5.53. The average molecular weight is 275 g/mol. The molecule has 0 aromatic heterocycles. The Morgan fingerprint density at radius 3 is 2.32 bits per heavy atom. The van der Waals surface area contributed by atoms with Crippen molar-refractivity contribution in [2.45, 2.75) is 0 Å². The molecule has 19 heavy (non-hydrogen) atoms. The van der Waals surface area contributed by atoms with Crippen molar-refractivity contribution >= 4 is 29.5 Å². The number of hydrogen-bond acceptors (Lipinski definition) is 3. The van der Waals surface area contributed by atoms with Gasteiger partial charge in [0.2, 0.25) is 0 Å². The van der Waals surface area contributed by atoms with Crippen LogP contribution in [0, 0.1) is 0 Å². The third kappa shape index (κ3) is 3.82. The minimum Gasteiger partial charge on any atom is -0.478 e. The van der Waals surface area contributed by atoms with Crippen molar-refractivity contribution in [3.63, 3.8) is 0 Å². The van der Waals surface area contributed by atoms with E-state index in [0.29, 0.717) is 5.02 Å². The van der Waals surface area contributed by atoms with Gasteiger partial charge in [-0.1, -0.05) is 23.7 Å². The molecule has 0 aliphatic rings. The van der Waals surface area contributed by atoms with E-state index in [1.54, 1.807) is 30.5 Å². The number of hydrazone groups is 1. The van der Waals surface area contributed by atoms with Gasteiger partial charge in [-0.05, 0) is 42.0 Å². The second-order valence-electron chi connectivity index (χ2n) is 3.80. The Bertz CT molecular complexity index is 592. The van der Waals surface area contributed by atoms with Gasteiger partial charge in [-0.3, -0.25) is 5.43 Å². The number of rotatable bonds is 4. The summed E-state index contributed by atoms with van der Waals surface area (Å²) >= 11 is 5.77. The summed E-state index contributed by atoms with van der Waals surface area (Å²) in [5.41, 5.74) is 4.74. The zero-order valence-corrected chi connectivity index (χ0v) is 10.6. The smallest absolute Gasteiger partial charge is 0.335 e. The van der Waals surface area contributed by atoms with E-state index in [-0.39, 0.29) is 5.56 Å². The standard InChI is InChI=1S/C14H11ClN2O2/c15-12-5-7-13(8-6-12)17-16-9-10-1-3-11(4-2-10)14(18)19/h1-9,17H,(H,18,19)/b16-9-. The number of hydrogen-bond donors (Lipinski definition) is 2. The second-order valence-corrected chi connectivity index (χ2v) is 4.24. The molecule has 0 spiro atoms. The highest BCUT2D eigenvalue weighted by Crippen LogP contribution is 2.13. The maximum atomic E-state index is 10.7. The third-order valence-corrected chi connectivity index (χ3v) is 2.66. The molecule has 0 saturated carbocycles. The summed E-state index contributed by atoms with van der Waals surface area (Å²) in [5.74, 6) is -0.942. The van der Waals surface area contributed by atoms with Gasteiger partial charge in [0, 0.05) is 5.02 Å². The minimum absolute atomic E-state index is 0.253. The van der Waals surface area contributed by atoms with Gasteiger partial charge in [0.1, 0.15) is 0 Å². The molecular formula is C14H11ClN2O2. The van der Waals surface area contributed by atoms with Crippen LogP contribution in [0.15, 0.2) is 53.6 Å². The van der Waals surface area contributed by atoms with Crippen LogP contribution in [0.2, 0.25) is 5.02 Å². The molecule has 2 aromatic carbocycles. The van der Waals surface area contributed by atoms with Crippen molar-refractivity contribution in [1.82, 2.24) is 0 Å². The van der Waals surface area contributed by atoms with Gasteiger partial charge in [0.05, 0.1) is 17.5 Å². The highest BCUT2D eigenvalue weighted by molar-refractivity contribution is 6.30. The maximum Gasteiger partial charge on any atom is 0.335 e. The molecule has 0 amide bonds. The molecule has 2 N–H and O–H groups in total. The fraction of sp³-hybridized carbons (Fsp3) is 0. The lowest BCUT2D eigenvalue weighted by molar-refractivity contribution is 0.0697. The SMILES string of the molecule is O=C(O)c1ccc(/C=N\Nc2ccc(Cl)cc2)cc1. The maximum absolute atomic E-state index is 10.7. The normalized spacial score (nSPS) is 10.6. The number of aromatic carboxylic acids is 1. The van der Waals surface area contributed by atoms with Crippen LogP contribution in [0.25, 0.3) is 0 Å². The summed E-state index contributed by atoms with van der Waals surface area (Å²) < 4.78 is 0. The van der Waals surface area contributed by atoms with Crippen LogP contribution in [0.3, 0.4) is 0 Å². The molecule has 0 fully saturated rings. The summed E-state index contributed by atoms with van der Waals surface area (Å²) in [6, 6.07) is 13.6. The molecular weight excluding hydrogens is 264 g/mol. The van der Waals surface area contributed by atoms with Crippen molar-refractivity contribution in [2.24, 2.45) is 5.10 Å². The number of carboxylic acid groups (broad SMARTS) is 1. The van der Waals surface area contributed by atoms with Crippen LogP contribution in [0.5, 0.6) is 0 Å². The predicted octanol–water partition coefficient (Wildman–Crippen LogP) is 3.48. The molecule has 0 heterocycles. The van der Waals surface area contributed by atoms with Gasteiger partial charge in [-0.25, -0.2) is 4.79 Å². The molecule has 0 aliphatic heterocycles. The Morgan fingerprint density at radius 1 is 1.11 bits per heavy atom. The van der Waals surface area contributed by atoms with E-state index in [0.717, 1.165) is 11.3 Å². The number of halogens is 1. The predicted molar refractivity (Wildman–Crippen MR) is 76.1 cm³/mol. The first-order valence-corrected chi connectivity index (χ1v) is 5.91. The Morgan fingerprint density at radius 2 is 1.74 bits per heavy atom. The highest BCUT2D eigenvalue weighted by Gasteiger charge is 2.00. The topological polar surface area (TPSA) is 61.7 Å². The number of carbonyl (C=O) groups is 1. The van der Waals surface area contributed by atoms with Crippen LogP contribution in [0.4, 0.5) is 5.69 Å². The third-order valence-electron chi connectivity index (χ3n) is 2.41. The van der Waals surface area contributed by atoms with E-state index in [4.69, 9.17) is 16.7 Å². The van der Waals surface area contributed by atoms with Gasteiger partial charge >= 0.3 is 5.97 Å². The van der Waals surface area contributed by atoms with Crippen LogP contribution in [-0.4, -0.2) is 17.3 Å². The van der Waals surface area contributed by atoms with E-state index in [1.165, 1.54) is 12.1 Å². The monoisotopic (exact) mass is 274 g/mol. The van der Waals surface area contributed by atoms with Crippen molar-refractivity contribution < 1.29 is 9.90 Å². The summed E-state index contributed by atoms with van der Waals surface area (Å²) in [5, 5.41) is 13.5. The van der Waals surface area contributed by atoms with E-state index >= 15 is 0 Å². The number of carboxylic acids is 1. The minimum atomic E-state index is -0.942. The lowest BCUT2D eigenvalue weighted by atomic mass is 10.1. The Balaban J connectivity index is 1.98. The molecule has 96 valence electrons. The van der Waals surface area contributed by atoms with E-state index in [1.807, 2.05) is 12.1 Å². The number of benzene rings is 2. The zero-order valence-electron chi connectivity index (χ0n) is 9.88. The molecule has 0 unspecified atom stereocenters. The lowest BCUT2D eigenvalue weighted by Gasteiger charge is -2.00. The van der Waals surface area contributed by atoms with Crippen molar-refractivity contribution in [3.05, 3.63) is 64.7 Å². The first kappa shape index (κ1) is 13.1. The largest absolute Gasteiger partial charge is 0.478 e. The van der Waals surface area contributed by atoms with Crippen LogP contribution < -0.4 is 5.43 Å². The quantitative estimate of drug-likeness (QED) is 0.663. The van der Waals surface area contributed by atoms with Crippen LogP contribution in [-0.2, 0) is 0 Å². The molecule has 0 aliphatic carbocycles. The Hall–Kier alpha value is -2.33. The number of nitrogens with zero attached hydrogens (tertiary/aromatic N) is 1. The average Bonchev–Trinajstić information content (AvgIpc) is 2.41. The van der Waals surface area contributed by atoms with Crippen LogP contribution >= 0.6 is 11.6 Å². The summed E-state index contributed by atoms with van der Waals surface area (Å²) in [4.78, 5) is 10.7. The van der Waals surface area contributed by atoms with Crippen molar-refractivity contribution in [3.8, 4) is 0 Å². The summed E-state index contributed by atoms with van der Waals surface area (Å²) in [6.45, 7) is 0. The fourth-order valence-corrected chi connectivity index (χ4v) is 1.54. The molecule has 0 radical (unpaired) electrons. The Kier molecular flexibility index (Phi) is 4.15. The van der Waals surface area contributed by atoms with Gasteiger partial charge in [0.25, 0.3) is 0 Å². The molecule has 5 heteroatoms. The molecule has 4 nitrogen and oxygen atoms in total. The first-order chi connectivity index (χ1) is 9.15. The van der Waals surface area contributed by atoms with E-state index in [2.05, 4.69) is 10.5 Å². The summed E-state index contributed by atoms with van der Waals surface area (Å²) in [7, 11) is 0. The Labute approximate surface area is 115 Å². The van der Waals surface area contributed by atoms with Gasteiger partial charge in [-0.2, -0.15) is 5.10 Å². The fourth-order valence-electron chi connectivity index (χ4n) is 1.42. The van der Waals surface area contributed by atoms with Crippen molar-refractivity contribution in [1.29, 1.82) is 0 Å². The number of nitrogens with one attached hydrogen (secondary N) is 1. The number of anilines is 1. The van der Waals surface area contributed by atoms with Crippen molar-refractivity contribution in [2.75, 3.05) is 5.43 Å². The van der Waals surface area contributed by atoms with Crippen LogP contribution in [0.1, 0.15) is 15.9 Å². The molecule has 0 bridgehead atoms. The molecule has 0 saturated heterocycles. The van der Waals surface area contributed by atoms with Gasteiger partial charge < -0.3 is 5.11 Å². The zero-order chi connectivity index (χ0) is 13.7. The summed E-state index contributed by atoms with van der Waals surface area (Å²) in [6.07, 6.45) is 1.61. The molecule has 2 rings (SSSR count). The molecule has 0 atom stereocenters.